The number of aliphatic hydroxyl groups is 5. The highest BCUT2D eigenvalue weighted by atomic mass is 16.3. The Hall–Kier alpha value is -0.200. The molecule has 0 aromatic carbocycles. The van der Waals surface area contributed by atoms with Crippen LogP contribution in [0.4, 0.5) is 0 Å². The van der Waals surface area contributed by atoms with E-state index in [2.05, 4.69) is 0 Å². The largest absolute Gasteiger partial charge is 0.396 e. The Labute approximate surface area is 104 Å². The van der Waals surface area contributed by atoms with Gasteiger partial charge in [-0.1, -0.05) is 19.8 Å². The first kappa shape index (κ1) is 19.1. The first-order chi connectivity index (χ1) is 8.16. The van der Waals surface area contributed by atoms with Gasteiger partial charge in [0.1, 0.15) is 0 Å². The zero-order chi connectivity index (χ0) is 13.6. The molecule has 0 radical (unpaired) electrons. The molecule has 5 nitrogen and oxygen atoms in total. The number of unbranched alkanes of at least 4 members (excludes halogenated alkanes) is 3. The van der Waals surface area contributed by atoms with Crippen molar-refractivity contribution in [1.29, 1.82) is 0 Å². The van der Waals surface area contributed by atoms with Crippen molar-refractivity contribution in [3.05, 3.63) is 0 Å². The van der Waals surface area contributed by atoms with Crippen LogP contribution in [0.2, 0.25) is 0 Å². The van der Waals surface area contributed by atoms with Crippen LogP contribution in [0.3, 0.4) is 0 Å². The van der Waals surface area contributed by atoms with Crippen molar-refractivity contribution in [2.45, 2.75) is 39.0 Å². The Morgan fingerprint density at radius 2 is 1.00 bits per heavy atom. The first-order valence-electron chi connectivity index (χ1n) is 6.20. The fraction of sp³-hybridized carbons (Fsp3) is 1.00. The molecule has 0 atom stereocenters. The van der Waals surface area contributed by atoms with Crippen LogP contribution in [0, 0.1) is 5.41 Å². The summed E-state index contributed by atoms with van der Waals surface area (Å²) in [7, 11) is 0. The maximum absolute atomic E-state index is 8.66. The lowest BCUT2D eigenvalue weighted by molar-refractivity contribution is 0.00304. The monoisotopic (exact) mass is 252 g/mol. The van der Waals surface area contributed by atoms with E-state index in [-0.39, 0.29) is 33.0 Å². The van der Waals surface area contributed by atoms with Crippen LogP contribution in [0.25, 0.3) is 0 Å². The second-order valence-corrected chi connectivity index (χ2v) is 4.19. The van der Waals surface area contributed by atoms with Gasteiger partial charge in [0.05, 0.1) is 19.8 Å². The lowest BCUT2D eigenvalue weighted by atomic mass is 9.88. The van der Waals surface area contributed by atoms with Gasteiger partial charge in [-0.2, -0.15) is 0 Å². The number of rotatable bonds is 9. The van der Waals surface area contributed by atoms with Crippen molar-refractivity contribution in [2.24, 2.45) is 5.41 Å². The fourth-order valence-corrected chi connectivity index (χ4v) is 1.06. The molecule has 0 aromatic heterocycles. The third kappa shape index (κ3) is 10.7. The minimum atomic E-state index is -0.667. The molecule has 0 saturated heterocycles. The van der Waals surface area contributed by atoms with E-state index in [9.17, 15) is 0 Å². The van der Waals surface area contributed by atoms with Crippen molar-refractivity contribution < 1.29 is 25.5 Å². The highest BCUT2D eigenvalue weighted by Crippen LogP contribution is 2.18. The van der Waals surface area contributed by atoms with Gasteiger partial charge < -0.3 is 25.5 Å². The van der Waals surface area contributed by atoms with Crippen LogP contribution in [0.5, 0.6) is 0 Å². The molecule has 0 bridgehead atoms. The molecule has 0 fully saturated rings. The van der Waals surface area contributed by atoms with E-state index in [1.807, 2.05) is 6.92 Å². The summed E-state index contributed by atoms with van der Waals surface area (Å²) in [6.07, 6.45) is 4.42. The minimum Gasteiger partial charge on any atom is -0.396 e. The summed E-state index contributed by atoms with van der Waals surface area (Å²) < 4.78 is 0. The maximum Gasteiger partial charge on any atom is 0.0531 e. The minimum absolute atomic E-state index is 0.156. The van der Waals surface area contributed by atoms with E-state index >= 15 is 0 Å². The van der Waals surface area contributed by atoms with Crippen molar-refractivity contribution in [1.82, 2.24) is 0 Å². The van der Waals surface area contributed by atoms with E-state index in [4.69, 9.17) is 25.5 Å². The Kier molecular flexibility index (Phi) is 15.6. The van der Waals surface area contributed by atoms with E-state index in [0.717, 1.165) is 25.7 Å². The molecule has 0 aliphatic heterocycles. The fourth-order valence-electron chi connectivity index (χ4n) is 1.06. The van der Waals surface area contributed by atoms with Gasteiger partial charge in [-0.25, -0.2) is 0 Å². The second-order valence-electron chi connectivity index (χ2n) is 4.19. The van der Waals surface area contributed by atoms with Crippen LogP contribution < -0.4 is 0 Å². The molecule has 0 heterocycles. The lowest BCUT2D eigenvalue weighted by Crippen LogP contribution is -2.32. The Morgan fingerprint density at radius 1 is 0.647 bits per heavy atom. The SMILES string of the molecule is CCC(CO)(CO)CO.OCCCCCCO. The first-order valence-corrected chi connectivity index (χ1v) is 6.20. The molecule has 0 saturated carbocycles. The highest BCUT2D eigenvalue weighted by Gasteiger charge is 2.24. The molecule has 0 unspecified atom stereocenters. The topological polar surface area (TPSA) is 101 Å². The zero-order valence-electron chi connectivity index (χ0n) is 10.8. The Bertz CT molecular complexity index is 113. The summed E-state index contributed by atoms with van der Waals surface area (Å²) in [6, 6.07) is 0. The summed E-state index contributed by atoms with van der Waals surface area (Å²) in [5, 5.41) is 42.6. The van der Waals surface area contributed by atoms with E-state index < -0.39 is 5.41 Å². The standard InChI is InChI=1S/C6H14O3.C6H14O2/c1-2-6(3-7,4-8)5-9;7-5-3-1-2-4-6-8/h7-9H,2-5H2,1H3;7-8H,1-6H2. The van der Waals surface area contributed by atoms with Gasteiger partial charge in [0.15, 0.2) is 0 Å². The van der Waals surface area contributed by atoms with Crippen LogP contribution in [-0.4, -0.2) is 58.6 Å². The van der Waals surface area contributed by atoms with Crippen LogP contribution in [0.1, 0.15) is 39.0 Å². The summed E-state index contributed by atoms with van der Waals surface area (Å²) in [4.78, 5) is 0. The molecule has 17 heavy (non-hydrogen) atoms. The number of aliphatic hydroxyl groups excluding tert-OH is 5. The lowest BCUT2D eigenvalue weighted by Gasteiger charge is -2.24. The molecule has 5 N–H and O–H groups in total. The molecule has 0 aliphatic rings. The predicted octanol–water partition coefficient (Wildman–Crippen LogP) is -0.109. The molecule has 106 valence electrons. The van der Waals surface area contributed by atoms with Gasteiger partial charge in [-0.3, -0.25) is 0 Å². The number of hydrogen-bond acceptors (Lipinski definition) is 5. The van der Waals surface area contributed by atoms with Crippen molar-refractivity contribution in [3.63, 3.8) is 0 Å². The van der Waals surface area contributed by atoms with Gasteiger partial charge >= 0.3 is 0 Å². The third-order valence-corrected chi connectivity index (χ3v) is 2.82. The smallest absolute Gasteiger partial charge is 0.0531 e. The predicted molar refractivity (Wildman–Crippen MR) is 66.6 cm³/mol. The molecular weight excluding hydrogens is 224 g/mol. The van der Waals surface area contributed by atoms with E-state index in [1.54, 1.807) is 0 Å². The molecule has 0 aliphatic carbocycles. The zero-order valence-corrected chi connectivity index (χ0v) is 10.8. The molecule has 0 rings (SSSR count). The summed E-state index contributed by atoms with van der Waals surface area (Å²) in [5.74, 6) is 0. The second kappa shape index (κ2) is 13.9. The van der Waals surface area contributed by atoms with Gasteiger partial charge in [0.2, 0.25) is 0 Å². The van der Waals surface area contributed by atoms with Crippen molar-refractivity contribution >= 4 is 0 Å². The van der Waals surface area contributed by atoms with Crippen molar-refractivity contribution in [3.8, 4) is 0 Å². The number of hydrogen-bond donors (Lipinski definition) is 5. The van der Waals surface area contributed by atoms with Crippen LogP contribution >= 0.6 is 0 Å². The molecule has 0 amide bonds. The molecule has 5 heteroatoms. The van der Waals surface area contributed by atoms with E-state index in [1.165, 1.54) is 0 Å². The summed E-state index contributed by atoms with van der Waals surface area (Å²) >= 11 is 0. The normalized spacial score (nSPS) is 10.9. The summed E-state index contributed by atoms with van der Waals surface area (Å²) in [6.45, 7) is 1.92. The van der Waals surface area contributed by atoms with Crippen LogP contribution in [0.15, 0.2) is 0 Å². The van der Waals surface area contributed by atoms with Gasteiger partial charge in [-0.05, 0) is 19.3 Å². The van der Waals surface area contributed by atoms with Crippen LogP contribution in [-0.2, 0) is 0 Å². The van der Waals surface area contributed by atoms with Crippen molar-refractivity contribution in [2.75, 3.05) is 33.0 Å². The Morgan fingerprint density at radius 3 is 1.12 bits per heavy atom. The highest BCUT2D eigenvalue weighted by molar-refractivity contribution is 4.74. The average Bonchev–Trinajstić information content (AvgIpc) is 2.39. The summed E-state index contributed by atoms with van der Waals surface area (Å²) in [5.41, 5.74) is -0.667. The average molecular weight is 252 g/mol. The van der Waals surface area contributed by atoms with Gasteiger partial charge in [-0.15, -0.1) is 0 Å². The van der Waals surface area contributed by atoms with Gasteiger partial charge in [0.25, 0.3) is 0 Å². The Balaban J connectivity index is 0. The third-order valence-electron chi connectivity index (χ3n) is 2.82. The molecule has 0 aromatic rings. The molecule has 0 spiro atoms. The maximum atomic E-state index is 8.66. The quantitative estimate of drug-likeness (QED) is 0.369. The van der Waals surface area contributed by atoms with E-state index in [0.29, 0.717) is 6.42 Å². The molecular formula is C12H28O5. The van der Waals surface area contributed by atoms with Gasteiger partial charge in [0, 0.05) is 18.6 Å².